The molecule has 0 saturated carbocycles. The molecule has 34 heavy (non-hydrogen) atoms. The van der Waals surface area contributed by atoms with Crippen LogP contribution in [0, 0.1) is 0 Å². The third kappa shape index (κ3) is 5.86. The van der Waals surface area contributed by atoms with Crippen LogP contribution >= 0.6 is 0 Å². The van der Waals surface area contributed by atoms with Gasteiger partial charge in [-0.15, -0.1) is 0 Å². The zero-order valence-corrected chi connectivity index (χ0v) is 18.4. The standard InChI is InChI=1S/C19H17N5O2S.C2HF3O2/c1-2-27(25,26)24-13-16(11-22-24)15-8-9-20-17(10-15)19-21-12-18(23-19)14-6-4-3-5-7-14;3-2(4,5)1(6)7/h3-13H,2H2,1H3,(H,21,23);(H,6,7). The number of nitrogens with one attached hydrogen (secondary N) is 1. The van der Waals surface area contributed by atoms with E-state index in [4.69, 9.17) is 9.90 Å². The molecule has 3 aromatic heterocycles. The van der Waals surface area contributed by atoms with E-state index in [9.17, 15) is 21.6 Å². The van der Waals surface area contributed by atoms with Crippen LogP contribution in [-0.2, 0) is 14.8 Å². The molecule has 2 N–H and O–H groups in total. The van der Waals surface area contributed by atoms with E-state index in [2.05, 4.69) is 20.1 Å². The van der Waals surface area contributed by atoms with Gasteiger partial charge in [0.25, 0.3) is 10.0 Å². The second-order valence-corrected chi connectivity index (χ2v) is 8.86. The molecule has 0 amide bonds. The summed E-state index contributed by atoms with van der Waals surface area (Å²) in [4.78, 5) is 21.0. The first-order chi connectivity index (χ1) is 16.0. The first-order valence-corrected chi connectivity index (χ1v) is 11.3. The largest absolute Gasteiger partial charge is 0.490 e. The van der Waals surface area contributed by atoms with Crippen molar-refractivity contribution in [1.82, 2.24) is 24.1 Å². The van der Waals surface area contributed by atoms with E-state index in [0.717, 1.165) is 20.9 Å². The highest BCUT2D eigenvalue weighted by molar-refractivity contribution is 7.89. The number of nitrogens with zero attached hydrogens (tertiary/aromatic N) is 4. The monoisotopic (exact) mass is 493 g/mol. The van der Waals surface area contributed by atoms with Crippen LogP contribution < -0.4 is 0 Å². The van der Waals surface area contributed by atoms with Gasteiger partial charge in [0, 0.05) is 11.8 Å². The fraction of sp³-hybridized carbons (Fsp3) is 0.143. The summed E-state index contributed by atoms with van der Waals surface area (Å²) >= 11 is 0. The van der Waals surface area contributed by atoms with Crippen molar-refractivity contribution in [3.05, 3.63) is 67.3 Å². The van der Waals surface area contributed by atoms with Gasteiger partial charge in [-0.1, -0.05) is 30.3 Å². The number of aromatic amines is 1. The number of rotatable bonds is 5. The predicted molar refractivity (Wildman–Crippen MR) is 117 cm³/mol. The molecule has 0 atom stereocenters. The third-order valence-corrected chi connectivity index (χ3v) is 5.95. The Morgan fingerprint density at radius 3 is 2.35 bits per heavy atom. The highest BCUT2D eigenvalue weighted by atomic mass is 32.2. The first kappa shape index (κ1) is 24.6. The molecule has 0 fully saturated rings. The Labute approximate surface area is 192 Å². The number of carboxylic acids is 1. The van der Waals surface area contributed by atoms with E-state index in [0.29, 0.717) is 17.1 Å². The van der Waals surface area contributed by atoms with Crippen LogP contribution in [0.15, 0.2) is 67.3 Å². The summed E-state index contributed by atoms with van der Waals surface area (Å²) in [6.45, 7) is 1.59. The highest BCUT2D eigenvalue weighted by Crippen LogP contribution is 2.25. The molecule has 0 aliphatic heterocycles. The Hall–Kier alpha value is -4.00. The van der Waals surface area contributed by atoms with Crippen molar-refractivity contribution < 1.29 is 31.5 Å². The summed E-state index contributed by atoms with van der Waals surface area (Å²) in [5.41, 5.74) is 4.12. The van der Waals surface area contributed by atoms with Crippen LogP contribution in [-0.4, -0.2) is 55.6 Å². The van der Waals surface area contributed by atoms with E-state index in [1.165, 1.54) is 12.4 Å². The van der Waals surface area contributed by atoms with Gasteiger partial charge in [0.2, 0.25) is 0 Å². The molecule has 13 heteroatoms. The maximum absolute atomic E-state index is 11.9. The summed E-state index contributed by atoms with van der Waals surface area (Å²) in [6, 6.07) is 13.6. The highest BCUT2D eigenvalue weighted by Gasteiger charge is 2.38. The topological polar surface area (TPSA) is 131 Å². The Morgan fingerprint density at radius 2 is 1.74 bits per heavy atom. The Bertz CT molecular complexity index is 1380. The van der Waals surface area contributed by atoms with Crippen LogP contribution in [0.2, 0.25) is 0 Å². The van der Waals surface area contributed by atoms with Gasteiger partial charge >= 0.3 is 12.1 Å². The molecule has 9 nitrogen and oxygen atoms in total. The molecule has 0 saturated heterocycles. The lowest BCUT2D eigenvalue weighted by molar-refractivity contribution is -0.192. The molecule has 178 valence electrons. The van der Waals surface area contributed by atoms with Crippen LogP contribution in [0.1, 0.15) is 6.92 Å². The molecule has 0 unspecified atom stereocenters. The third-order valence-electron chi connectivity index (χ3n) is 4.45. The van der Waals surface area contributed by atoms with E-state index in [-0.39, 0.29) is 5.75 Å². The van der Waals surface area contributed by atoms with Crippen molar-refractivity contribution in [3.63, 3.8) is 0 Å². The lowest BCUT2D eigenvalue weighted by Crippen LogP contribution is -2.21. The second-order valence-electron chi connectivity index (χ2n) is 6.75. The van der Waals surface area contributed by atoms with E-state index >= 15 is 0 Å². The molecule has 0 radical (unpaired) electrons. The number of imidazole rings is 1. The Kier molecular flexibility index (Phi) is 7.15. The minimum absolute atomic E-state index is 0.00955. The summed E-state index contributed by atoms with van der Waals surface area (Å²) in [6.07, 6.45) is 1.39. The lowest BCUT2D eigenvalue weighted by atomic mass is 10.1. The number of hydrogen-bond donors (Lipinski definition) is 2. The molecule has 4 aromatic rings. The lowest BCUT2D eigenvalue weighted by Gasteiger charge is -2.01. The van der Waals surface area contributed by atoms with Gasteiger partial charge in [-0.3, -0.25) is 4.98 Å². The molecule has 0 aliphatic rings. The molecule has 0 bridgehead atoms. The fourth-order valence-electron chi connectivity index (χ4n) is 2.69. The Morgan fingerprint density at radius 1 is 1.06 bits per heavy atom. The number of benzene rings is 1. The first-order valence-electron chi connectivity index (χ1n) is 9.66. The predicted octanol–water partition coefficient (Wildman–Crippen LogP) is 3.83. The number of carbonyl (C=O) groups is 1. The number of halogens is 3. The van der Waals surface area contributed by atoms with Gasteiger partial charge in [0.15, 0.2) is 5.82 Å². The number of carboxylic acid groups (broad SMARTS) is 1. The summed E-state index contributed by atoms with van der Waals surface area (Å²) in [7, 11) is -3.40. The molecule has 4 rings (SSSR count). The van der Waals surface area contributed by atoms with Crippen LogP contribution in [0.5, 0.6) is 0 Å². The van der Waals surface area contributed by atoms with Crippen molar-refractivity contribution in [2.75, 3.05) is 5.75 Å². The minimum atomic E-state index is -5.08. The Balaban J connectivity index is 0.000000406. The molecule has 1 aromatic carbocycles. The number of alkyl halides is 3. The number of pyridine rings is 1. The molecule has 0 aliphatic carbocycles. The van der Waals surface area contributed by atoms with Gasteiger partial charge < -0.3 is 10.1 Å². The van der Waals surface area contributed by atoms with Crippen LogP contribution in [0.25, 0.3) is 33.9 Å². The summed E-state index contributed by atoms with van der Waals surface area (Å²) in [5, 5.41) is 11.1. The average molecular weight is 493 g/mol. The number of aromatic nitrogens is 5. The minimum Gasteiger partial charge on any atom is -0.475 e. The van der Waals surface area contributed by atoms with Gasteiger partial charge in [0.1, 0.15) is 5.69 Å². The van der Waals surface area contributed by atoms with Crippen molar-refractivity contribution in [1.29, 1.82) is 0 Å². The van der Waals surface area contributed by atoms with E-state index in [1.807, 2.05) is 42.5 Å². The smallest absolute Gasteiger partial charge is 0.475 e. The van der Waals surface area contributed by atoms with Gasteiger partial charge in [-0.05, 0) is 30.2 Å². The zero-order chi connectivity index (χ0) is 24.9. The number of hydrogen-bond acceptors (Lipinski definition) is 6. The fourth-order valence-corrected chi connectivity index (χ4v) is 3.42. The molecular formula is C21H18F3N5O4S. The van der Waals surface area contributed by atoms with E-state index < -0.39 is 22.2 Å². The van der Waals surface area contributed by atoms with E-state index in [1.54, 1.807) is 19.3 Å². The van der Waals surface area contributed by atoms with Crippen molar-refractivity contribution in [3.8, 4) is 33.9 Å². The van der Waals surface area contributed by atoms with Gasteiger partial charge in [-0.2, -0.15) is 22.4 Å². The quantitative estimate of drug-likeness (QED) is 0.432. The number of aliphatic carboxylic acids is 1. The average Bonchev–Trinajstić information content (AvgIpc) is 3.50. The SMILES string of the molecule is CCS(=O)(=O)n1cc(-c2ccnc(-c3ncc(-c4ccccc4)[nH]3)c2)cn1.O=C(O)C(F)(F)F. The van der Waals surface area contributed by atoms with Crippen molar-refractivity contribution in [2.45, 2.75) is 13.1 Å². The van der Waals surface area contributed by atoms with Gasteiger partial charge in [0.05, 0.1) is 30.0 Å². The van der Waals surface area contributed by atoms with Gasteiger partial charge in [-0.25, -0.2) is 18.2 Å². The summed E-state index contributed by atoms with van der Waals surface area (Å²) < 4.78 is 56.6. The molecular weight excluding hydrogens is 475 g/mol. The van der Waals surface area contributed by atoms with Crippen LogP contribution in [0.3, 0.4) is 0 Å². The van der Waals surface area contributed by atoms with Crippen molar-refractivity contribution >= 4 is 16.0 Å². The summed E-state index contributed by atoms with van der Waals surface area (Å²) in [5.74, 6) is -2.12. The maximum atomic E-state index is 11.9. The zero-order valence-electron chi connectivity index (χ0n) is 17.6. The normalized spacial score (nSPS) is 11.5. The maximum Gasteiger partial charge on any atom is 0.490 e. The molecule has 0 spiro atoms. The van der Waals surface area contributed by atoms with Crippen LogP contribution in [0.4, 0.5) is 13.2 Å². The number of H-pyrrole nitrogens is 1. The van der Waals surface area contributed by atoms with Crippen molar-refractivity contribution in [2.24, 2.45) is 0 Å². The molecule has 3 heterocycles. The second kappa shape index (κ2) is 9.87.